The van der Waals surface area contributed by atoms with Gasteiger partial charge in [0.25, 0.3) is 5.91 Å². The molecule has 0 saturated carbocycles. The van der Waals surface area contributed by atoms with Crippen molar-refractivity contribution in [2.75, 3.05) is 20.3 Å². The van der Waals surface area contributed by atoms with E-state index in [2.05, 4.69) is 15.0 Å². The second kappa shape index (κ2) is 15.2. The Balaban J connectivity index is 1.79. The molecule has 0 spiro atoms. The highest BCUT2D eigenvalue weighted by molar-refractivity contribution is 5.94. The van der Waals surface area contributed by atoms with Gasteiger partial charge < -0.3 is 34.4 Å². The summed E-state index contributed by atoms with van der Waals surface area (Å²) in [7, 11) is 1.36. The van der Waals surface area contributed by atoms with Crippen LogP contribution in [-0.4, -0.2) is 49.9 Å². The number of nitrogens with two attached hydrogens (primary N) is 1. The van der Waals surface area contributed by atoms with Gasteiger partial charge in [0.1, 0.15) is 11.6 Å². The molecular formula is C28H31F4N3O7. The molecule has 1 aromatic heterocycles. The largest absolute Gasteiger partial charge is 0.490 e. The van der Waals surface area contributed by atoms with E-state index in [0.717, 1.165) is 6.07 Å². The van der Waals surface area contributed by atoms with Crippen LogP contribution in [0.15, 0.2) is 40.8 Å². The Morgan fingerprint density at radius 1 is 1.12 bits per heavy atom. The van der Waals surface area contributed by atoms with Gasteiger partial charge in [0.05, 0.1) is 19.3 Å². The van der Waals surface area contributed by atoms with Gasteiger partial charge in [-0.25, -0.2) is 18.6 Å². The standard InChI is InChI=1S/C28H31F4N3O7/c1-4-39-27(37)21(38-3)6-5-11-40-22-12-16(8-10-20(22)41-28(31)32)26-35-23(24(42-26)15(2)33)25(36)34-14-17-7-9-18(29)13-19(17)30/h7-10,12-13,15,21,28H,4-6,11,14,33H2,1-3H3,(H,34,36). The van der Waals surface area contributed by atoms with Crippen molar-refractivity contribution in [3.8, 4) is 23.0 Å². The molecule has 0 fully saturated rings. The van der Waals surface area contributed by atoms with E-state index in [4.69, 9.17) is 24.4 Å². The lowest BCUT2D eigenvalue weighted by Crippen LogP contribution is -2.26. The van der Waals surface area contributed by atoms with Gasteiger partial charge in [-0.2, -0.15) is 8.78 Å². The molecule has 3 N–H and O–H groups in total. The number of rotatable bonds is 15. The number of esters is 1. The molecule has 2 aromatic carbocycles. The highest BCUT2D eigenvalue weighted by atomic mass is 19.3. The fourth-order valence-corrected chi connectivity index (χ4v) is 3.82. The second-order valence-corrected chi connectivity index (χ2v) is 8.95. The Bertz CT molecular complexity index is 1370. The number of benzene rings is 2. The predicted molar refractivity (Wildman–Crippen MR) is 141 cm³/mol. The van der Waals surface area contributed by atoms with Crippen LogP contribution < -0.4 is 20.5 Å². The molecule has 0 bridgehead atoms. The van der Waals surface area contributed by atoms with Gasteiger partial charge in [0.2, 0.25) is 5.89 Å². The summed E-state index contributed by atoms with van der Waals surface area (Å²) in [6, 6.07) is 6.11. The lowest BCUT2D eigenvalue weighted by atomic mass is 10.2. The van der Waals surface area contributed by atoms with Crippen molar-refractivity contribution >= 4 is 11.9 Å². The highest BCUT2D eigenvalue weighted by Gasteiger charge is 2.25. The summed E-state index contributed by atoms with van der Waals surface area (Å²) in [5.41, 5.74) is 6.09. The number of carbonyl (C=O) groups excluding carboxylic acids is 2. The van der Waals surface area contributed by atoms with Gasteiger partial charge >= 0.3 is 12.6 Å². The predicted octanol–water partition coefficient (Wildman–Crippen LogP) is 4.91. The maximum absolute atomic E-state index is 14.0. The molecule has 0 saturated heterocycles. The van der Waals surface area contributed by atoms with E-state index in [1.165, 1.54) is 31.4 Å². The van der Waals surface area contributed by atoms with E-state index >= 15 is 0 Å². The first kappa shape index (κ1) is 32.3. The van der Waals surface area contributed by atoms with Crippen LogP contribution in [-0.2, 0) is 20.8 Å². The quantitative estimate of drug-likeness (QED) is 0.142. The minimum Gasteiger partial charge on any atom is -0.490 e. The van der Waals surface area contributed by atoms with Crippen LogP contribution in [0.5, 0.6) is 11.5 Å². The maximum Gasteiger partial charge on any atom is 0.387 e. The van der Waals surface area contributed by atoms with Crippen LogP contribution in [0.2, 0.25) is 0 Å². The molecule has 42 heavy (non-hydrogen) atoms. The molecule has 10 nitrogen and oxygen atoms in total. The van der Waals surface area contributed by atoms with Gasteiger partial charge in [-0.15, -0.1) is 0 Å². The van der Waals surface area contributed by atoms with Crippen molar-refractivity contribution < 1.29 is 50.5 Å². The summed E-state index contributed by atoms with van der Waals surface area (Å²) in [5, 5.41) is 2.49. The first-order valence-corrected chi connectivity index (χ1v) is 12.9. The Hall–Kier alpha value is -4.17. The molecule has 2 atom stereocenters. The molecule has 2 unspecified atom stereocenters. The van der Waals surface area contributed by atoms with E-state index in [0.29, 0.717) is 12.5 Å². The van der Waals surface area contributed by atoms with Crippen molar-refractivity contribution in [3.05, 3.63) is 65.1 Å². The third-order valence-corrected chi connectivity index (χ3v) is 5.85. The van der Waals surface area contributed by atoms with Gasteiger partial charge in [0, 0.05) is 30.8 Å². The monoisotopic (exact) mass is 597 g/mol. The van der Waals surface area contributed by atoms with Gasteiger partial charge in [-0.3, -0.25) is 4.79 Å². The summed E-state index contributed by atoms with van der Waals surface area (Å²) in [4.78, 5) is 29.0. The summed E-state index contributed by atoms with van der Waals surface area (Å²) in [6.45, 7) is 0.0278. The number of hydrogen-bond acceptors (Lipinski definition) is 9. The summed E-state index contributed by atoms with van der Waals surface area (Å²) in [6.07, 6.45) is -0.259. The Morgan fingerprint density at radius 3 is 2.52 bits per heavy atom. The number of ether oxygens (including phenoxy) is 4. The van der Waals surface area contributed by atoms with Crippen molar-refractivity contribution in [2.45, 2.75) is 52.0 Å². The normalized spacial score (nSPS) is 12.6. The molecule has 3 aromatic rings. The number of methoxy groups -OCH3 is 1. The average Bonchev–Trinajstić information content (AvgIpc) is 3.39. The molecule has 0 aliphatic carbocycles. The molecule has 0 aliphatic heterocycles. The number of nitrogens with zero attached hydrogens (tertiary/aromatic N) is 1. The summed E-state index contributed by atoms with van der Waals surface area (Å²) in [5.74, 6) is -3.24. The molecule has 0 radical (unpaired) electrons. The van der Waals surface area contributed by atoms with E-state index in [1.807, 2.05) is 0 Å². The Morgan fingerprint density at radius 2 is 1.88 bits per heavy atom. The zero-order valence-electron chi connectivity index (χ0n) is 23.1. The van der Waals surface area contributed by atoms with Gasteiger partial charge in [0.15, 0.2) is 29.1 Å². The molecule has 228 valence electrons. The van der Waals surface area contributed by atoms with Crippen LogP contribution >= 0.6 is 0 Å². The summed E-state index contributed by atoms with van der Waals surface area (Å²) >= 11 is 0. The smallest absolute Gasteiger partial charge is 0.387 e. The summed E-state index contributed by atoms with van der Waals surface area (Å²) < 4.78 is 79.2. The zero-order valence-corrected chi connectivity index (χ0v) is 23.1. The number of oxazole rings is 1. The fourth-order valence-electron chi connectivity index (χ4n) is 3.82. The Labute approximate surface area is 239 Å². The van der Waals surface area contributed by atoms with Crippen molar-refractivity contribution in [1.82, 2.24) is 10.3 Å². The number of halogens is 4. The minimum absolute atomic E-state index is 0.00653. The SMILES string of the molecule is CCOC(=O)C(CCCOc1cc(-c2nc(C(=O)NCc3ccc(F)cc3F)c(C(C)N)o2)ccc1OC(F)F)OC. The molecular weight excluding hydrogens is 566 g/mol. The molecule has 3 rings (SSSR count). The van der Waals surface area contributed by atoms with Crippen molar-refractivity contribution in [2.24, 2.45) is 5.73 Å². The third kappa shape index (κ3) is 8.66. The van der Waals surface area contributed by atoms with Crippen molar-refractivity contribution in [1.29, 1.82) is 0 Å². The number of carbonyl (C=O) groups is 2. The molecule has 0 aliphatic rings. The zero-order chi connectivity index (χ0) is 30.8. The van der Waals surface area contributed by atoms with E-state index in [-0.39, 0.29) is 66.2 Å². The van der Waals surface area contributed by atoms with Crippen molar-refractivity contribution in [3.63, 3.8) is 0 Å². The van der Waals surface area contributed by atoms with Crippen LogP contribution in [0.4, 0.5) is 17.6 Å². The van der Waals surface area contributed by atoms with Crippen LogP contribution in [0.3, 0.4) is 0 Å². The van der Waals surface area contributed by atoms with E-state index in [1.54, 1.807) is 13.8 Å². The number of alkyl halides is 2. The number of nitrogens with one attached hydrogen (secondary N) is 1. The number of amides is 1. The lowest BCUT2D eigenvalue weighted by Gasteiger charge is -2.15. The second-order valence-electron chi connectivity index (χ2n) is 8.95. The molecule has 1 amide bonds. The fraction of sp³-hybridized carbons (Fsp3) is 0.393. The van der Waals surface area contributed by atoms with Gasteiger partial charge in [-0.1, -0.05) is 6.07 Å². The maximum atomic E-state index is 14.0. The average molecular weight is 598 g/mol. The van der Waals surface area contributed by atoms with Crippen LogP contribution in [0.25, 0.3) is 11.5 Å². The highest BCUT2D eigenvalue weighted by Crippen LogP contribution is 2.35. The van der Waals surface area contributed by atoms with E-state index in [9.17, 15) is 27.2 Å². The first-order valence-electron chi connectivity index (χ1n) is 12.9. The minimum atomic E-state index is -3.13. The third-order valence-electron chi connectivity index (χ3n) is 5.85. The topological polar surface area (TPSA) is 135 Å². The molecule has 1 heterocycles. The van der Waals surface area contributed by atoms with E-state index < -0.39 is 42.3 Å². The van der Waals surface area contributed by atoms with Crippen LogP contribution in [0, 0.1) is 11.6 Å². The van der Waals surface area contributed by atoms with Gasteiger partial charge in [-0.05, 0) is 51.0 Å². The number of hydrogen-bond donors (Lipinski definition) is 2. The Kier molecular flexibility index (Phi) is 11.7. The van der Waals surface area contributed by atoms with Crippen LogP contribution in [0.1, 0.15) is 54.5 Å². The first-order chi connectivity index (χ1) is 20.0. The number of aromatic nitrogens is 1. The molecule has 14 heteroatoms. The lowest BCUT2D eigenvalue weighted by molar-refractivity contribution is -0.155.